The highest BCUT2D eigenvalue weighted by atomic mass is 32.2. The molecular formula is C20H21FN2O6S. The number of carbonyl (C=O) groups is 1. The molecule has 0 saturated heterocycles. The summed E-state index contributed by atoms with van der Waals surface area (Å²) in [6, 6.07) is 8.14. The number of sulfonamides is 1. The second-order valence-corrected chi connectivity index (χ2v) is 8.74. The Kier molecular flexibility index (Phi) is 5.84. The summed E-state index contributed by atoms with van der Waals surface area (Å²) in [5.74, 6) is -0.781. The third-order valence-corrected chi connectivity index (χ3v) is 5.96. The third kappa shape index (κ3) is 3.89. The second-order valence-electron chi connectivity index (χ2n) is 6.73. The van der Waals surface area contributed by atoms with Gasteiger partial charge in [-0.1, -0.05) is 0 Å². The molecule has 3 aromatic rings. The summed E-state index contributed by atoms with van der Waals surface area (Å²) in [7, 11) is -0.957. The van der Waals surface area contributed by atoms with E-state index < -0.39 is 34.5 Å². The van der Waals surface area contributed by atoms with Crippen LogP contribution in [0, 0.1) is 5.82 Å². The summed E-state index contributed by atoms with van der Waals surface area (Å²) >= 11 is 0. The van der Waals surface area contributed by atoms with E-state index in [-0.39, 0.29) is 28.2 Å². The number of nitrogens with one attached hydrogen (secondary N) is 1. The summed E-state index contributed by atoms with van der Waals surface area (Å²) in [5.41, 5.74) is 0.962. The van der Waals surface area contributed by atoms with Crippen molar-refractivity contribution in [2.45, 2.75) is 6.10 Å². The lowest BCUT2D eigenvalue weighted by molar-refractivity contribution is 0.0958. The minimum atomic E-state index is -3.69. The number of hydrogen-bond donors (Lipinski definition) is 3. The Labute approximate surface area is 172 Å². The molecule has 0 fully saturated rings. The third-order valence-electron chi connectivity index (χ3n) is 4.77. The molecule has 1 amide bonds. The van der Waals surface area contributed by atoms with Crippen LogP contribution in [-0.4, -0.2) is 51.5 Å². The van der Waals surface area contributed by atoms with Crippen LogP contribution in [0.2, 0.25) is 0 Å². The number of aliphatic hydroxyl groups excluding tert-OH is 2. The Morgan fingerprint density at radius 1 is 1.27 bits per heavy atom. The molecule has 1 aromatic heterocycles. The Hall–Kier alpha value is -2.95. The zero-order valence-electron chi connectivity index (χ0n) is 16.5. The molecule has 0 spiro atoms. The number of rotatable bonds is 6. The molecule has 0 bridgehead atoms. The molecule has 3 N–H and O–H groups in total. The fraction of sp³-hybridized carbons (Fsp3) is 0.250. The zero-order valence-corrected chi connectivity index (χ0v) is 17.3. The molecule has 1 heterocycles. The fourth-order valence-corrected chi connectivity index (χ4v) is 3.64. The topological polar surface area (TPSA) is 120 Å². The molecule has 1 unspecified atom stereocenters. The standard InChI is InChI=1S/C20H21FN2O6S/c1-22-20(26)18-14-8-13(16(25)10-24)15(23(2)30(3,27)28)9-17(14)29-19(18)11-4-6-12(21)7-5-11/h4-9,16,24-25H,10H2,1-3H3,(H,22,26). The largest absolute Gasteiger partial charge is 0.455 e. The maximum absolute atomic E-state index is 13.3. The van der Waals surface area contributed by atoms with Gasteiger partial charge in [0.2, 0.25) is 10.0 Å². The number of anilines is 1. The summed E-state index contributed by atoms with van der Waals surface area (Å²) in [5, 5.41) is 22.5. The maximum Gasteiger partial charge on any atom is 0.255 e. The van der Waals surface area contributed by atoms with Crippen LogP contribution in [0.25, 0.3) is 22.3 Å². The van der Waals surface area contributed by atoms with Crippen molar-refractivity contribution in [3.05, 3.63) is 53.3 Å². The van der Waals surface area contributed by atoms with Gasteiger partial charge in [0.15, 0.2) is 0 Å². The van der Waals surface area contributed by atoms with E-state index in [2.05, 4.69) is 5.32 Å². The average molecular weight is 436 g/mol. The van der Waals surface area contributed by atoms with Gasteiger partial charge in [-0.25, -0.2) is 12.8 Å². The van der Waals surface area contributed by atoms with Crippen LogP contribution in [0.1, 0.15) is 22.0 Å². The van der Waals surface area contributed by atoms with E-state index in [1.165, 1.54) is 50.5 Å². The molecule has 3 rings (SSSR count). The van der Waals surface area contributed by atoms with E-state index in [0.29, 0.717) is 10.9 Å². The minimum absolute atomic E-state index is 0.0920. The normalized spacial score (nSPS) is 12.7. The van der Waals surface area contributed by atoms with Crippen molar-refractivity contribution >= 4 is 32.6 Å². The first-order chi connectivity index (χ1) is 14.1. The van der Waals surface area contributed by atoms with Gasteiger partial charge in [0.25, 0.3) is 5.91 Å². The van der Waals surface area contributed by atoms with Crippen LogP contribution in [0.5, 0.6) is 0 Å². The smallest absolute Gasteiger partial charge is 0.255 e. The van der Waals surface area contributed by atoms with Crippen molar-refractivity contribution in [2.75, 3.05) is 31.3 Å². The Bertz CT molecular complexity index is 1200. The van der Waals surface area contributed by atoms with Gasteiger partial charge in [0, 0.05) is 36.7 Å². The maximum atomic E-state index is 13.3. The van der Waals surface area contributed by atoms with Crippen molar-refractivity contribution in [1.82, 2.24) is 5.32 Å². The number of furan rings is 1. The highest BCUT2D eigenvalue weighted by Gasteiger charge is 2.27. The van der Waals surface area contributed by atoms with E-state index in [9.17, 15) is 27.8 Å². The molecule has 1 atom stereocenters. The lowest BCUT2D eigenvalue weighted by Gasteiger charge is -2.22. The van der Waals surface area contributed by atoms with Gasteiger partial charge in [-0.3, -0.25) is 9.10 Å². The zero-order chi connectivity index (χ0) is 22.2. The van der Waals surface area contributed by atoms with Crippen LogP contribution in [-0.2, 0) is 10.0 Å². The predicted octanol–water partition coefficient (Wildman–Crippen LogP) is 2.02. The van der Waals surface area contributed by atoms with Crippen molar-refractivity contribution < 1.29 is 32.2 Å². The fourth-order valence-electron chi connectivity index (χ4n) is 3.12. The number of benzene rings is 2. The molecule has 30 heavy (non-hydrogen) atoms. The van der Waals surface area contributed by atoms with E-state index >= 15 is 0 Å². The van der Waals surface area contributed by atoms with E-state index in [1.54, 1.807) is 0 Å². The molecule has 0 aliphatic carbocycles. The molecule has 2 aromatic carbocycles. The van der Waals surface area contributed by atoms with Crippen LogP contribution in [0.4, 0.5) is 10.1 Å². The summed E-state index contributed by atoms with van der Waals surface area (Å²) < 4.78 is 44.3. The Morgan fingerprint density at radius 3 is 2.43 bits per heavy atom. The number of halogens is 1. The van der Waals surface area contributed by atoms with E-state index in [0.717, 1.165) is 10.6 Å². The SMILES string of the molecule is CNC(=O)c1c(-c2ccc(F)cc2)oc2cc(N(C)S(C)(=O)=O)c(C(O)CO)cc12. The van der Waals surface area contributed by atoms with Crippen LogP contribution >= 0.6 is 0 Å². The first kappa shape index (κ1) is 21.8. The monoisotopic (exact) mass is 436 g/mol. The van der Waals surface area contributed by atoms with Gasteiger partial charge in [-0.2, -0.15) is 0 Å². The van der Waals surface area contributed by atoms with Gasteiger partial charge >= 0.3 is 0 Å². The number of hydrogen-bond acceptors (Lipinski definition) is 6. The van der Waals surface area contributed by atoms with E-state index in [4.69, 9.17) is 4.42 Å². The number of nitrogens with zero attached hydrogens (tertiary/aromatic N) is 1. The van der Waals surface area contributed by atoms with Crippen LogP contribution in [0.15, 0.2) is 40.8 Å². The number of amides is 1. The Morgan fingerprint density at radius 2 is 1.90 bits per heavy atom. The van der Waals surface area contributed by atoms with Gasteiger partial charge in [-0.15, -0.1) is 0 Å². The lowest BCUT2D eigenvalue weighted by Crippen LogP contribution is -2.26. The van der Waals surface area contributed by atoms with E-state index in [1.807, 2.05) is 0 Å². The van der Waals surface area contributed by atoms with Crippen molar-refractivity contribution in [2.24, 2.45) is 0 Å². The van der Waals surface area contributed by atoms with Gasteiger partial charge < -0.3 is 19.9 Å². The average Bonchev–Trinajstić information content (AvgIpc) is 3.09. The Balaban J connectivity index is 2.38. The first-order valence-electron chi connectivity index (χ1n) is 8.89. The molecule has 8 nitrogen and oxygen atoms in total. The van der Waals surface area contributed by atoms with Crippen LogP contribution in [0.3, 0.4) is 0 Å². The summed E-state index contributed by atoms with van der Waals surface area (Å²) in [6.07, 6.45) is -0.399. The molecule has 10 heteroatoms. The van der Waals surface area contributed by atoms with Crippen molar-refractivity contribution in [3.8, 4) is 11.3 Å². The first-order valence-corrected chi connectivity index (χ1v) is 10.7. The number of aliphatic hydroxyl groups is 2. The number of fused-ring (bicyclic) bond motifs is 1. The molecule has 0 saturated carbocycles. The molecule has 160 valence electrons. The number of carbonyl (C=O) groups excluding carboxylic acids is 1. The highest BCUT2D eigenvalue weighted by molar-refractivity contribution is 7.92. The molecule has 0 aliphatic heterocycles. The molecule has 0 radical (unpaired) electrons. The molecule has 0 aliphatic rings. The predicted molar refractivity (Wildman–Crippen MR) is 110 cm³/mol. The van der Waals surface area contributed by atoms with Gasteiger partial charge in [0.1, 0.15) is 23.3 Å². The van der Waals surface area contributed by atoms with Crippen molar-refractivity contribution in [1.29, 1.82) is 0 Å². The quantitative estimate of drug-likeness (QED) is 0.544. The summed E-state index contributed by atoms with van der Waals surface area (Å²) in [6.45, 7) is -0.659. The second kappa shape index (κ2) is 8.05. The highest BCUT2D eigenvalue weighted by Crippen LogP contribution is 2.39. The summed E-state index contributed by atoms with van der Waals surface area (Å²) in [4.78, 5) is 12.6. The van der Waals surface area contributed by atoms with Crippen LogP contribution < -0.4 is 9.62 Å². The lowest BCUT2D eigenvalue weighted by atomic mass is 10.00. The van der Waals surface area contributed by atoms with Gasteiger partial charge in [0.05, 0.1) is 24.1 Å². The van der Waals surface area contributed by atoms with Crippen molar-refractivity contribution in [3.63, 3.8) is 0 Å². The molecular weight excluding hydrogens is 415 g/mol. The van der Waals surface area contributed by atoms with Gasteiger partial charge in [-0.05, 0) is 30.3 Å². The minimum Gasteiger partial charge on any atom is -0.455 e.